The predicted octanol–water partition coefficient (Wildman–Crippen LogP) is -1.50. The predicted molar refractivity (Wildman–Crippen MR) is 88.3 cm³/mol. The summed E-state index contributed by atoms with van der Waals surface area (Å²) in [5.74, 6) is -1.79. The van der Waals surface area contributed by atoms with Crippen molar-refractivity contribution in [2.24, 2.45) is 5.92 Å². The van der Waals surface area contributed by atoms with Crippen LogP contribution in [0.4, 0.5) is 0 Å². The summed E-state index contributed by atoms with van der Waals surface area (Å²) in [6.45, 7) is 2.44. The maximum Gasteiger partial charge on any atom is 0.296 e. The standard InChI is InChI=1S/C19H17N3O3.ClH/c1-2-25-14-8-6-13(7-9-14)16-15(12-20)18(23)21-19(24)17(16)22-10-4-3-5-11-22;/h3-11,15-17H,2H2,1H3;1H. The van der Waals surface area contributed by atoms with Crippen molar-refractivity contribution in [3.05, 3.63) is 60.4 Å². The molecule has 1 aliphatic heterocycles. The molecule has 2 aromatic rings. The van der Waals surface area contributed by atoms with Crippen LogP contribution in [0.1, 0.15) is 24.4 Å². The number of piperidine rings is 1. The molecule has 1 N–H and O–H groups in total. The maximum absolute atomic E-state index is 12.5. The number of amides is 2. The summed E-state index contributed by atoms with van der Waals surface area (Å²) in [7, 11) is 0. The number of benzene rings is 1. The molecule has 26 heavy (non-hydrogen) atoms. The van der Waals surface area contributed by atoms with Gasteiger partial charge in [-0.05, 0) is 24.6 Å². The van der Waals surface area contributed by atoms with Gasteiger partial charge in [0, 0.05) is 12.1 Å². The van der Waals surface area contributed by atoms with Gasteiger partial charge in [0.25, 0.3) is 5.91 Å². The van der Waals surface area contributed by atoms with E-state index in [2.05, 4.69) is 11.4 Å². The van der Waals surface area contributed by atoms with E-state index < -0.39 is 29.7 Å². The fraction of sp³-hybridized carbons (Fsp3) is 0.263. The molecule has 7 heteroatoms. The van der Waals surface area contributed by atoms with Crippen molar-refractivity contribution in [2.45, 2.75) is 18.9 Å². The van der Waals surface area contributed by atoms with Crippen molar-refractivity contribution in [1.82, 2.24) is 5.32 Å². The smallest absolute Gasteiger partial charge is 0.296 e. The molecule has 2 amide bonds. The van der Waals surface area contributed by atoms with Gasteiger partial charge in [0.05, 0.1) is 18.6 Å². The van der Waals surface area contributed by atoms with E-state index in [0.717, 1.165) is 5.56 Å². The first-order valence-corrected chi connectivity index (χ1v) is 8.08. The number of ether oxygens (including phenoxy) is 1. The van der Waals surface area contributed by atoms with Gasteiger partial charge < -0.3 is 17.1 Å². The molecule has 3 unspecified atom stereocenters. The number of aromatic nitrogens is 1. The van der Waals surface area contributed by atoms with E-state index in [0.29, 0.717) is 12.4 Å². The summed E-state index contributed by atoms with van der Waals surface area (Å²) in [5.41, 5.74) is 0.750. The first-order valence-electron chi connectivity index (χ1n) is 8.08. The van der Waals surface area contributed by atoms with Crippen molar-refractivity contribution in [2.75, 3.05) is 6.61 Å². The quantitative estimate of drug-likeness (QED) is 0.523. The number of nitrogens with zero attached hydrogens (tertiary/aromatic N) is 2. The van der Waals surface area contributed by atoms with E-state index in [4.69, 9.17) is 4.74 Å². The number of halogens is 1. The fourth-order valence-corrected chi connectivity index (χ4v) is 3.17. The molecule has 2 heterocycles. The summed E-state index contributed by atoms with van der Waals surface area (Å²) in [6.07, 6.45) is 3.52. The van der Waals surface area contributed by atoms with Gasteiger partial charge in [-0.1, -0.05) is 18.2 Å². The van der Waals surface area contributed by atoms with Crippen molar-refractivity contribution >= 4 is 11.8 Å². The highest BCUT2D eigenvalue weighted by molar-refractivity contribution is 6.02. The Morgan fingerprint density at radius 2 is 1.77 bits per heavy atom. The van der Waals surface area contributed by atoms with Crippen LogP contribution in [0, 0.1) is 17.2 Å². The molecule has 6 nitrogen and oxygen atoms in total. The van der Waals surface area contributed by atoms with Crippen LogP contribution in [0.5, 0.6) is 5.75 Å². The Balaban J connectivity index is 0.00000243. The second kappa shape index (κ2) is 8.45. The first-order chi connectivity index (χ1) is 12.2. The molecule has 1 aliphatic rings. The van der Waals surface area contributed by atoms with Gasteiger partial charge in [-0.2, -0.15) is 9.83 Å². The Bertz CT molecular complexity index is 818. The van der Waals surface area contributed by atoms with Gasteiger partial charge in [0.2, 0.25) is 11.9 Å². The molecule has 0 bridgehead atoms. The lowest BCUT2D eigenvalue weighted by molar-refractivity contribution is -0.713. The Morgan fingerprint density at radius 1 is 1.12 bits per heavy atom. The van der Waals surface area contributed by atoms with Crippen LogP contribution >= 0.6 is 0 Å². The number of nitriles is 1. The van der Waals surface area contributed by atoms with E-state index in [9.17, 15) is 14.9 Å². The van der Waals surface area contributed by atoms with Crippen molar-refractivity contribution < 1.29 is 31.3 Å². The van der Waals surface area contributed by atoms with E-state index in [1.807, 2.05) is 25.1 Å². The Kier molecular flexibility index (Phi) is 6.31. The van der Waals surface area contributed by atoms with Gasteiger partial charge in [-0.3, -0.25) is 14.9 Å². The molecule has 1 aromatic heterocycles. The number of hydrogen-bond acceptors (Lipinski definition) is 4. The van der Waals surface area contributed by atoms with E-state index in [1.165, 1.54) is 0 Å². The summed E-state index contributed by atoms with van der Waals surface area (Å²) in [4.78, 5) is 24.7. The van der Waals surface area contributed by atoms with Gasteiger partial charge >= 0.3 is 0 Å². The van der Waals surface area contributed by atoms with Crippen LogP contribution in [-0.2, 0) is 9.59 Å². The molecule has 0 radical (unpaired) electrons. The third kappa shape index (κ3) is 3.68. The number of imide groups is 1. The Morgan fingerprint density at radius 3 is 2.35 bits per heavy atom. The number of carbonyl (C=O) groups is 2. The fourth-order valence-electron chi connectivity index (χ4n) is 3.17. The summed E-state index contributed by atoms with van der Waals surface area (Å²) >= 11 is 0. The minimum atomic E-state index is -0.951. The lowest BCUT2D eigenvalue weighted by Gasteiger charge is -2.30. The van der Waals surface area contributed by atoms with E-state index in [1.54, 1.807) is 41.2 Å². The SMILES string of the molecule is CCOc1ccc(C2C(C#N)C(=O)NC(=O)C2[n+]2ccccc2)cc1.[Cl-]. The summed E-state index contributed by atoms with van der Waals surface area (Å²) < 4.78 is 7.17. The molecule has 3 rings (SSSR count). The highest BCUT2D eigenvalue weighted by atomic mass is 35.5. The molecule has 1 saturated heterocycles. The average molecular weight is 372 g/mol. The zero-order valence-electron chi connectivity index (χ0n) is 14.1. The molecule has 1 fully saturated rings. The normalized spacial score (nSPS) is 21.9. The van der Waals surface area contributed by atoms with Crippen LogP contribution in [-0.4, -0.2) is 18.4 Å². The number of hydrogen-bond donors (Lipinski definition) is 1. The number of rotatable bonds is 4. The highest BCUT2D eigenvalue weighted by Gasteiger charge is 2.50. The lowest BCUT2D eigenvalue weighted by atomic mass is 9.77. The molecule has 3 atom stereocenters. The molecule has 0 aliphatic carbocycles. The van der Waals surface area contributed by atoms with Crippen LogP contribution < -0.4 is 27.0 Å². The van der Waals surface area contributed by atoms with E-state index in [-0.39, 0.29) is 12.4 Å². The minimum absolute atomic E-state index is 0. The second-order valence-electron chi connectivity index (χ2n) is 5.76. The third-order valence-electron chi connectivity index (χ3n) is 4.27. The monoisotopic (exact) mass is 371 g/mol. The van der Waals surface area contributed by atoms with Gasteiger partial charge in [0.1, 0.15) is 11.7 Å². The van der Waals surface area contributed by atoms with Crippen molar-refractivity contribution in [3.8, 4) is 11.8 Å². The molecule has 0 spiro atoms. The van der Waals surface area contributed by atoms with Crippen molar-refractivity contribution in [3.63, 3.8) is 0 Å². The third-order valence-corrected chi connectivity index (χ3v) is 4.27. The summed E-state index contributed by atoms with van der Waals surface area (Å²) in [5, 5.41) is 11.8. The van der Waals surface area contributed by atoms with Crippen LogP contribution in [0.15, 0.2) is 54.9 Å². The van der Waals surface area contributed by atoms with Gasteiger partial charge in [-0.15, -0.1) is 0 Å². The first kappa shape index (κ1) is 19.4. The number of nitrogens with one attached hydrogen (secondary N) is 1. The molecular weight excluding hydrogens is 354 g/mol. The molecule has 0 saturated carbocycles. The molecular formula is C19H18ClN3O3. The number of pyridine rings is 1. The van der Waals surface area contributed by atoms with Gasteiger partial charge in [0.15, 0.2) is 12.4 Å². The highest BCUT2D eigenvalue weighted by Crippen LogP contribution is 2.36. The molecule has 134 valence electrons. The zero-order chi connectivity index (χ0) is 17.8. The second-order valence-corrected chi connectivity index (χ2v) is 5.76. The van der Waals surface area contributed by atoms with Gasteiger partial charge in [-0.25, -0.2) is 0 Å². The minimum Gasteiger partial charge on any atom is -1.00 e. The largest absolute Gasteiger partial charge is 1.00 e. The summed E-state index contributed by atoms with van der Waals surface area (Å²) in [6, 6.07) is 14.0. The van der Waals surface area contributed by atoms with Crippen LogP contribution in [0.25, 0.3) is 0 Å². The van der Waals surface area contributed by atoms with Crippen molar-refractivity contribution in [1.29, 1.82) is 5.26 Å². The topological polar surface area (TPSA) is 83.1 Å². The Hall–Kier alpha value is -2.91. The lowest BCUT2D eigenvalue weighted by Crippen LogP contribution is -3.00. The molecule has 1 aromatic carbocycles. The number of carbonyl (C=O) groups excluding carboxylic acids is 2. The average Bonchev–Trinajstić information content (AvgIpc) is 2.63. The van der Waals surface area contributed by atoms with E-state index >= 15 is 0 Å². The zero-order valence-corrected chi connectivity index (χ0v) is 14.9. The van der Waals surface area contributed by atoms with Crippen LogP contribution in [0.2, 0.25) is 0 Å². The van der Waals surface area contributed by atoms with Crippen LogP contribution in [0.3, 0.4) is 0 Å². The maximum atomic E-state index is 12.5. The Labute approximate surface area is 157 Å².